The molecule has 0 amide bonds. The van der Waals surface area contributed by atoms with E-state index in [1.54, 1.807) is 11.3 Å². The van der Waals surface area contributed by atoms with Crippen molar-refractivity contribution in [2.24, 2.45) is 0 Å². The Kier molecular flexibility index (Phi) is 3.77. The van der Waals surface area contributed by atoms with Gasteiger partial charge >= 0.3 is 0 Å². The number of aliphatic hydroxyl groups excluding tert-OH is 1. The van der Waals surface area contributed by atoms with Crippen LogP contribution >= 0.6 is 27.3 Å². The topological polar surface area (TPSA) is 37.5 Å². The fourth-order valence-electron chi connectivity index (χ4n) is 2.56. The number of thiophene rings is 1. The van der Waals surface area contributed by atoms with Crippen LogP contribution in [-0.2, 0) is 6.61 Å². The minimum atomic E-state index is 0.0883. The van der Waals surface area contributed by atoms with E-state index in [2.05, 4.69) is 50.7 Å². The zero-order valence-electron chi connectivity index (χ0n) is 12.1. The van der Waals surface area contributed by atoms with Crippen molar-refractivity contribution in [1.29, 1.82) is 0 Å². The van der Waals surface area contributed by atoms with E-state index in [-0.39, 0.29) is 6.61 Å². The largest absolute Gasteiger partial charge is 0.391 e. The van der Waals surface area contributed by atoms with E-state index in [0.29, 0.717) is 0 Å². The molecule has 5 heteroatoms. The monoisotopic (exact) mass is 384 g/mol. The molecule has 0 saturated carbocycles. The Bertz CT molecular complexity index is 990. The van der Waals surface area contributed by atoms with Gasteiger partial charge in [-0.15, -0.1) is 11.3 Å². The second-order valence-corrected chi connectivity index (χ2v) is 7.19. The third-order valence-corrected chi connectivity index (χ3v) is 5.13. The summed E-state index contributed by atoms with van der Waals surface area (Å²) in [6, 6.07) is 14.2. The molecule has 4 rings (SSSR count). The van der Waals surface area contributed by atoms with Gasteiger partial charge in [0, 0.05) is 27.3 Å². The molecule has 0 radical (unpaired) electrons. The quantitative estimate of drug-likeness (QED) is 0.540. The Balaban J connectivity index is 1.77. The van der Waals surface area contributed by atoms with Crippen LogP contribution in [0.3, 0.4) is 0 Å². The summed E-state index contributed by atoms with van der Waals surface area (Å²) < 4.78 is 3.09. The van der Waals surface area contributed by atoms with Crippen molar-refractivity contribution in [2.45, 2.75) is 6.61 Å². The number of imidazole rings is 1. The zero-order valence-corrected chi connectivity index (χ0v) is 14.5. The summed E-state index contributed by atoms with van der Waals surface area (Å²) >= 11 is 5.07. The van der Waals surface area contributed by atoms with Gasteiger partial charge in [0.2, 0.25) is 0 Å². The molecule has 4 aromatic rings. The van der Waals surface area contributed by atoms with Crippen molar-refractivity contribution in [1.82, 2.24) is 9.38 Å². The van der Waals surface area contributed by atoms with Crippen LogP contribution < -0.4 is 0 Å². The highest BCUT2D eigenvalue weighted by atomic mass is 79.9. The number of aliphatic hydroxyl groups is 1. The number of pyridine rings is 1. The first kappa shape index (κ1) is 14.6. The standard InChI is InChI=1S/C18H13BrN2OS/c19-15-3-1-2-12(6-15)17-9-21-8-13(4-5-18(21)20-17)14-7-16(10-22)23-11-14/h1-9,11,22H,10H2. The van der Waals surface area contributed by atoms with Gasteiger partial charge in [-0.2, -0.15) is 0 Å². The Hall–Kier alpha value is -1.95. The smallest absolute Gasteiger partial charge is 0.137 e. The van der Waals surface area contributed by atoms with E-state index in [0.717, 1.165) is 37.4 Å². The molecular weight excluding hydrogens is 372 g/mol. The highest BCUT2D eigenvalue weighted by molar-refractivity contribution is 9.10. The van der Waals surface area contributed by atoms with Gasteiger partial charge in [0.1, 0.15) is 5.65 Å². The lowest BCUT2D eigenvalue weighted by Crippen LogP contribution is -1.84. The van der Waals surface area contributed by atoms with Crippen LogP contribution in [0.1, 0.15) is 4.88 Å². The first-order valence-corrected chi connectivity index (χ1v) is 8.83. The molecular formula is C18H13BrN2OS. The van der Waals surface area contributed by atoms with Gasteiger partial charge in [0.05, 0.1) is 12.3 Å². The minimum absolute atomic E-state index is 0.0883. The normalized spacial score (nSPS) is 11.2. The van der Waals surface area contributed by atoms with Gasteiger partial charge in [-0.3, -0.25) is 0 Å². The van der Waals surface area contributed by atoms with Crippen LogP contribution in [0.2, 0.25) is 0 Å². The number of hydrogen-bond donors (Lipinski definition) is 1. The number of rotatable bonds is 3. The van der Waals surface area contributed by atoms with E-state index < -0.39 is 0 Å². The van der Waals surface area contributed by atoms with Gasteiger partial charge in [-0.05, 0) is 46.8 Å². The van der Waals surface area contributed by atoms with Crippen molar-refractivity contribution in [3.05, 3.63) is 69.6 Å². The van der Waals surface area contributed by atoms with Gasteiger partial charge in [-0.1, -0.05) is 28.1 Å². The SMILES string of the molecule is OCc1cc(-c2ccc3nc(-c4cccc(Br)c4)cn3c2)cs1. The molecule has 0 aliphatic carbocycles. The summed E-state index contributed by atoms with van der Waals surface area (Å²) in [7, 11) is 0. The van der Waals surface area contributed by atoms with Crippen molar-refractivity contribution in [3.8, 4) is 22.4 Å². The van der Waals surface area contributed by atoms with Crippen LogP contribution in [0.25, 0.3) is 28.0 Å². The van der Waals surface area contributed by atoms with Crippen LogP contribution in [0.5, 0.6) is 0 Å². The molecule has 0 aliphatic rings. The summed E-state index contributed by atoms with van der Waals surface area (Å²) in [5, 5.41) is 11.3. The average molecular weight is 385 g/mol. The molecule has 0 aliphatic heterocycles. The Morgan fingerprint density at radius 2 is 1.96 bits per heavy atom. The predicted molar refractivity (Wildman–Crippen MR) is 97.6 cm³/mol. The van der Waals surface area contributed by atoms with Crippen molar-refractivity contribution < 1.29 is 5.11 Å². The molecule has 0 fully saturated rings. The fraction of sp³-hybridized carbons (Fsp3) is 0.0556. The molecule has 0 unspecified atom stereocenters. The Morgan fingerprint density at radius 3 is 2.74 bits per heavy atom. The number of benzene rings is 1. The predicted octanol–water partition coefficient (Wildman–Crippen LogP) is 4.98. The first-order valence-electron chi connectivity index (χ1n) is 7.16. The molecule has 0 bridgehead atoms. The maximum Gasteiger partial charge on any atom is 0.137 e. The van der Waals surface area contributed by atoms with Crippen LogP contribution in [0.15, 0.2) is 64.7 Å². The highest BCUT2D eigenvalue weighted by Crippen LogP contribution is 2.28. The lowest BCUT2D eigenvalue weighted by Gasteiger charge is -1.99. The molecule has 0 saturated heterocycles. The molecule has 23 heavy (non-hydrogen) atoms. The zero-order chi connectivity index (χ0) is 15.8. The molecule has 0 atom stereocenters. The molecule has 114 valence electrons. The molecule has 1 N–H and O–H groups in total. The number of hydrogen-bond acceptors (Lipinski definition) is 3. The lowest BCUT2D eigenvalue weighted by molar-refractivity contribution is 0.285. The van der Waals surface area contributed by atoms with E-state index in [1.807, 2.05) is 34.9 Å². The Labute approximate surface area is 146 Å². The van der Waals surface area contributed by atoms with Crippen LogP contribution in [0, 0.1) is 0 Å². The van der Waals surface area contributed by atoms with Gasteiger partial charge in [-0.25, -0.2) is 4.98 Å². The maximum atomic E-state index is 9.21. The van der Waals surface area contributed by atoms with Gasteiger partial charge in [0.25, 0.3) is 0 Å². The molecule has 1 aromatic carbocycles. The Morgan fingerprint density at radius 1 is 1.04 bits per heavy atom. The third-order valence-electron chi connectivity index (χ3n) is 3.71. The van der Waals surface area contributed by atoms with Crippen molar-refractivity contribution in [2.75, 3.05) is 0 Å². The van der Waals surface area contributed by atoms with Gasteiger partial charge < -0.3 is 9.51 Å². The van der Waals surface area contributed by atoms with E-state index in [1.165, 1.54) is 0 Å². The van der Waals surface area contributed by atoms with E-state index >= 15 is 0 Å². The average Bonchev–Trinajstić information content (AvgIpc) is 3.20. The second kappa shape index (κ2) is 5.92. The van der Waals surface area contributed by atoms with Crippen LogP contribution in [-0.4, -0.2) is 14.5 Å². The van der Waals surface area contributed by atoms with Crippen molar-refractivity contribution >= 4 is 32.9 Å². The maximum absolute atomic E-state index is 9.21. The summed E-state index contributed by atoms with van der Waals surface area (Å²) in [5.41, 5.74) is 5.19. The summed E-state index contributed by atoms with van der Waals surface area (Å²) in [6.45, 7) is 0.0883. The van der Waals surface area contributed by atoms with E-state index in [4.69, 9.17) is 0 Å². The fourth-order valence-corrected chi connectivity index (χ4v) is 3.72. The molecule has 0 spiro atoms. The number of nitrogens with zero attached hydrogens (tertiary/aromatic N) is 2. The van der Waals surface area contributed by atoms with Crippen LogP contribution in [0.4, 0.5) is 0 Å². The van der Waals surface area contributed by atoms with Crippen molar-refractivity contribution in [3.63, 3.8) is 0 Å². The molecule has 3 heterocycles. The molecule has 3 aromatic heterocycles. The summed E-state index contributed by atoms with van der Waals surface area (Å²) in [5.74, 6) is 0. The summed E-state index contributed by atoms with van der Waals surface area (Å²) in [4.78, 5) is 5.66. The number of halogens is 1. The number of fused-ring (bicyclic) bond motifs is 1. The lowest BCUT2D eigenvalue weighted by atomic mass is 10.1. The number of aromatic nitrogens is 2. The molecule has 3 nitrogen and oxygen atoms in total. The summed E-state index contributed by atoms with van der Waals surface area (Å²) in [6.07, 6.45) is 4.12. The highest BCUT2D eigenvalue weighted by Gasteiger charge is 2.07. The second-order valence-electron chi connectivity index (χ2n) is 5.28. The third kappa shape index (κ3) is 2.83. The van der Waals surface area contributed by atoms with Gasteiger partial charge in [0.15, 0.2) is 0 Å². The minimum Gasteiger partial charge on any atom is -0.391 e. The first-order chi connectivity index (χ1) is 11.2. The van der Waals surface area contributed by atoms with E-state index in [9.17, 15) is 5.11 Å².